The number of fused-ring (bicyclic) bond motifs is 1. The number of aromatic nitrogens is 4. The number of para-hydroxylation sites is 2. The zero-order valence-corrected chi connectivity index (χ0v) is 12.9. The van der Waals surface area contributed by atoms with Gasteiger partial charge in [0.25, 0.3) is 0 Å². The van der Waals surface area contributed by atoms with Gasteiger partial charge in [0, 0.05) is 17.4 Å². The Morgan fingerprint density at radius 2 is 1.92 bits per heavy atom. The maximum absolute atomic E-state index is 5.82. The number of benzene rings is 2. The van der Waals surface area contributed by atoms with Gasteiger partial charge in [0.2, 0.25) is 0 Å². The van der Waals surface area contributed by atoms with Gasteiger partial charge in [0.05, 0.1) is 17.6 Å². The van der Waals surface area contributed by atoms with Crippen LogP contribution in [-0.2, 0) is 6.54 Å². The van der Waals surface area contributed by atoms with E-state index in [0.717, 1.165) is 28.2 Å². The average molecular weight is 316 g/mol. The average Bonchev–Trinajstić information content (AvgIpc) is 3.03. The highest BCUT2D eigenvalue weighted by Crippen LogP contribution is 2.19. The summed E-state index contributed by atoms with van der Waals surface area (Å²) in [6.07, 6.45) is 1.73. The fourth-order valence-corrected chi connectivity index (χ4v) is 2.54. The topological polar surface area (TPSA) is 92.5 Å². The zero-order chi connectivity index (χ0) is 16.4. The Kier molecular flexibility index (Phi) is 3.55. The van der Waals surface area contributed by atoms with Crippen LogP contribution in [0.25, 0.3) is 22.4 Å². The SMILES string of the molecule is Nc1cccc(-c2nccc(NCc3nc4ccccc4[nH]3)n2)c1. The molecule has 4 N–H and O–H groups in total. The number of nitrogens with two attached hydrogens (primary N) is 1. The van der Waals surface area contributed by atoms with Crippen LogP contribution in [0.5, 0.6) is 0 Å². The van der Waals surface area contributed by atoms with E-state index in [1.807, 2.05) is 54.6 Å². The number of aromatic amines is 1. The number of anilines is 2. The minimum absolute atomic E-state index is 0.558. The van der Waals surface area contributed by atoms with Crippen LogP contribution in [0.1, 0.15) is 5.82 Å². The summed E-state index contributed by atoms with van der Waals surface area (Å²) >= 11 is 0. The molecule has 0 spiro atoms. The fraction of sp³-hybridized carbons (Fsp3) is 0.0556. The Labute approximate surface area is 138 Å². The van der Waals surface area contributed by atoms with Gasteiger partial charge < -0.3 is 16.0 Å². The second-order valence-electron chi connectivity index (χ2n) is 5.45. The summed E-state index contributed by atoms with van der Waals surface area (Å²) in [5.41, 5.74) is 9.39. The number of nitrogen functional groups attached to an aromatic ring is 1. The lowest BCUT2D eigenvalue weighted by Crippen LogP contribution is -2.04. The molecule has 0 aliphatic carbocycles. The Morgan fingerprint density at radius 3 is 2.79 bits per heavy atom. The summed E-state index contributed by atoms with van der Waals surface area (Å²) < 4.78 is 0. The van der Waals surface area contributed by atoms with E-state index in [0.29, 0.717) is 18.1 Å². The van der Waals surface area contributed by atoms with E-state index < -0.39 is 0 Å². The van der Waals surface area contributed by atoms with Gasteiger partial charge in [-0.05, 0) is 30.3 Å². The quantitative estimate of drug-likeness (QED) is 0.503. The van der Waals surface area contributed by atoms with Gasteiger partial charge in [0.1, 0.15) is 11.6 Å². The Morgan fingerprint density at radius 1 is 1.00 bits per heavy atom. The highest BCUT2D eigenvalue weighted by Gasteiger charge is 2.05. The minimum Gasteiger partial charge on any atom is -0.399 e. The second-order valence-corrected chi connectivity index (χ2v) is 5.45. The van der Waals surface area contributed by atoms with Crippen LogP contribution >= 0.6 is 0 Å². The van der Waals surface area contributed by atoms with Crippen molar-refractivity contribution in [1.82, 2.24) is 19.9 Å². The molecule has 4 rings (SSSR count). The van der Waals surface area contributed by atoms with Crippen LogP contribution in [0.3, 0.4) is 0 Å². The van der Waals surface area contributed by atoms with Crippen LogP contribution in [0.4, 0.5) is 11.5 Å². The van der Waals surface area contributed by atoms with E-state index in [1.54, 1.807) is 6.20 Å². The second kappa shape index (κ2) is 6.00. The summed E-state index contributed by atoms with van der Waals surface area (Å²) in [5, 5.41) is 3.27. The van der Waals surface area contributed by atoms with Gasteiger partial charge in [-0.1, -0.05) is 24.3 Å². The third-order valence-electron chi connectivity index (χ3n) is 3.68. The van der Waals surface area contributed by atoms with Crippen molar-refractivity contribution in [2.45, 2.75) is 6.54 Å². The maximum atomic E-state index is 5.82. The van der Waals surface area contributed by atoms with Crippen LogP contribution in [-0.4, -0.2) is 19.9 Å². The van der Waals surface area contributed by atoms with E-state index in [1.165, 1.54) is 0 Å². The molecule has 0 bridgehead atoms. The molecule has 2 heterocycles. The molecule has 0 fully saturated rings. The largest absolute Gasteiger partial charge is 0.399 e. The Bertz CT molecular complexity index is 958. The lowest BCUT2D eigenvalue weighted by Gasteiger charge is -2.06. The van der Waals surface area contributed by atoms with E-state index in [9.17, 15) is 0 Å². The van der Waals surface area contributed by atoms with E-state index in [-0.39, 0.29) is 0 Å². The number of rotatable bonds is 4. The summed E-state index contributed by atoms with van der Waals surface area (Å²) in [6, 6.07) is 17.3. The maximum Gasteiger partial charge on any atom is 0.161 e. The van der Waals surface area contributed by atoms with Crippen molar-refractivity contribution in [3.05, 3.63) is 66.6 Å². The molecule has 24 heavy (non-hydrogen) atoms. The first kappa shape index (κ1) is 14.2. The smallest absolute Gasteiger partial charge is 0.161 e. The number of nitrogens with one attached hydrogen (secondary N) is 2. The van der Waals surface area contributed by atoms with Gasteiger partial charge >= 0.3 is 0 Å². The molecule has 0 amide bonds. The third-order valence-corrected chi connectivity index (χ3v) is 3.68. The molecular weight excluding hydrogens is 300 g/mol. The summed E-state index contributed by atoms with van der Waals surface area (Å²) in [5.74, 6) is 2.24. The highest BCUT2D eigenvalue weighted by atomic mass is 15.1. The number of imidazole rings is 1. The van der Waals surface area contributed by atoms with Crippen molar-refractivity contribution in [3.8, 4) is 11.4 Å². The third kappa shape index (κ3) is 2.89. The number of hydrogen-bond acceptors (Lipinski definition) is 5. The first-order chi connectivity index (χ1) is 11.8. The molecule has 2 aromatic heterocycles. The predicted molar refractivity (Wildman–Crippen MR) is 95.3 cm³/mol. The molecule has 0 atom stereocenters. The predicted octanol–water partition coefficient (Wildman–Crippen LogP) is 3.21. The van der Waals surface area contributed by atoms with Crippen molar-refractivity contribution >= 4 is 22.5 Å². The molecule has 0 saturated heterocycles. The first-order valence-corrected chi connectivity index (χ1v) is 7.64. The van der Waals surface area contributed by atoms with Gasteiger partial charge in [-0.3, -0.25) is 0 Å². The molecular formula is C18H16N6. The molecule has 4 aromatic rings. The molecule has 0 radical (unpaired) electrons. The van der Waals surface area contributed by atoms with Gasteiger partial charge in [-0.15, -0.1) is 0 Å². The molecule has 0 aliphatic rings. The lowest BCUT2D eigenvalue weighted by molar-refractivity contribution is 0.993. The molecule has 6 nitrogen and oxygen atoms in total. The minimum atomic E-state index is 0.558. The van der Waals surface area contributed by atoms with E-state index in [2.05, 4.69) is 25.3 Å². The summed E-state index contributed by atoms with van der Waals surface area (Å²) in [6.45, 7) is 0.558. The molecule has 6 heteroatoms. The van der Waals surface area contributed by atoms with Crippen molar-refractivity contribution in [1.29, 1.82) is 0 Å². The molecule has 2 aromatic carbocycles. The lowest BCUT2D eigenvalue weighted by atomic mass is 10.2. The summed E-state index contributed by atoms with van der Waals surface area (Å²) in [7, 11) is 0. The van der Waals surface area contributed by atoms with Crippen molar-refractivity contribution in [2.75, 3.05) is 11.1 Å². The van der Waals surface area contributed by atoms with Gasteiger partial charge in [-0.2, -0.15) is 0 Å². The number of H-pyrrole nitrogens is 1. The summed E-state index contributed by atoms with van der Waals surface area (Å²) in [4.78, 5) is 16.7. The van der Waals surface area contributed by atoms with Gasteiger partial charge in [-0.25, -0.2) is 15.0 Å². The standard InChI is InChI=1S/C18H16N6/c19-13-5-3-4-12(10-13)18-20-9-8-16(24-18)21-11-17-22-14-6-1-2-7-15(14)23-17/h1-10H,11,19H2,(H,22,23)(H,20,21,24). The van der Waals surface area contributed by atoms with Crippen LogP contribution in [0, 0.1) is 0 Å². The number of hydrogen-bond donors (Lipinski definition) is 3. The van der Waals surface area contributed by atoms with Crippen LogP contribution < -0.4 is 11.1 Å². The fourth-order valence-electron chi connectivity index (χ4n) is 2.54. The Hall–Kier alpha value is -3.41. The van der Waals surface area contributed by atoms with Crippen molar-refractivity contribution in [3.63, 3.8) is 0 Å². The normalized spacial score (nSPS) is 10.8. The van der Waals surface area contributed by atoms with Crippen molar-refractivity contribution in [2.24, 2.45) is 0 Å². The number of nitrogens with zero attached hydrogens (tertiary/aromatic N) is 3. The van der Waals surface area contributed by atoms with Crippen LogP contribution in [0.2, 0.25) is 0 Å². The van der Waals surface area contributed by atoms with Crippen LogP contribution in [0.15, 0.2) is 60.8 Å². The van der Waals surface area contributed by atoms with Crippen molar-refractivity contribution < 1.29 is 0 Å². The monoisotopic (exact) mass is 316 g/mol. The van der Waals surface area contributed by atoms with E-state index >= 15 is 0 Å². The molecule has 0 aliphatic heterocycles. The first-order valence-electron chi connectivity index (χ1n) is 7.64. The molecule has 0 unspecified atom stereocenters. The Balaban J connectivity index is 1.53. The molecule has 0 saturated carbocycles. The van der Waals surface area contributed by atoms with E-state index in [4.69, 9.17) is 5.73 Å². The molecule has 118 valence electrons. The highest BCUT2D eigenvalue weighted by molar-refractivity contribution is 5.74. The van der Waals surface area contributed by atoms with Gasteiger partial charge in [0.15, 0.2) is 5.82 Å². The zero-order valence-electron chi connectivity index (χ0n) is 12.9.